The average molecular weight is 617 g/mol. The number of aromatic nitrogens is 2. The summed E-state index contributed by atoms with van der Waals surface area (Å²) in [5.41, 5.74) is 3.08. The van der Waals surface area contributed by atoms with Gasteiger partial charge >= 0.3 is 5.97 Å². The molecular formula is C29H27Cl2N3O6S. The number of anilines is 1. The van der Waals surface area contributed by atoms with Gasteiger partial charge in [0.15, 0.2) is 5.13 Å². The number of hydrogen-bond donors (Lipinski definition) is 1. The molecule has 2 aliphatic heterocycles. The highest BCUT2D eigenvalue weighted by Gasteiger charge is 2.42. The van der Waals surface area contributed by atoms with Crippen molar-refractivity contribution in [2.24, 2.45) is 0 Å². The van der Waals surface area contributed by atoms with Gasteiger partial charge in [-0.15, -0.1) is 0 Å². The minimum atomic E-state index is -0.999. The quantitative estimate of drug-likeness (QED) is 0.229. The van der Waals surface area contributed by atoms with Gasteiger partial charge in [-0.3, -0.25) is 0 Å². The molecule has 0 amide bonds. The number of fused-ring (bicyclic) bond motifs is 3. The fourth-order valence-corrected chi connectivity index (χ4v) is 7.68. The number of carbonyl (C=O) groups is 1. The Hall–Kier alpha value is -2.89. The molecule has 4 heterocycles. The topological polar surface area (TPSA) is 107 Å². The lowest BCUT2D eigenvalue weighted by Gasteiger charge is -2.48. The molecule has 9 nitrogen and oxygen atoms in total. The number of aromatic carboxylic acids is 1. The first-order valence-electron chi connectivity index (χ1n) is 13.5. The van der Waals surface area contributed by atoms with Crippen molar-refractivity contribution in [3.8, 4) is 17.0 Å². The summed E-state index contributed by atoms with van der Waals surface area (Å²) in [6.45, 7) is 1.48. The Morgan fingerprint density at radius 3 is 2.56 bits per heavy atom. The molecule has 4 aromatic rings. The summed E-state index contributed by atoms with van der Waals surface area (Å²) in [6.07, 6.45) is 3.66. The zero-order valence-electron chi connectivity index (χ0n) is 22.1. The van der Waals surface area contributed by atoms with Crippen LogP contribution in [0.2, 0.25) is 10.0 Å². The van der Waals surface area contributed by atoms with Gasteiger partial charge in [0.1, 0.15) is 22.7 Å². The third-order valence-electron chi connectivity index (χ3n) is 8.04. The summed E-state index contributed by atoms with van der Waals surface area (Å²) in [5, 5.41) is 15.8. The predicted octanol–water partition coefficient (Wildman–Crippen LogP) is 6.80. The van der Waals surface area contributed by atoms with Crippen molar-refractivity contribution in [1.29, 1.82) is 0 Å². The average Bonchev–Trinajstić information content (AvgIpc) is 3.56. The minimum Gasteiger partial charge on any atom is -0.494 e. The molecular weight excluding hydrogens is 589 g/mol. The second-order valence-corrected chi connectivity index (χ2v) is 12.6. The van der Waals surface area contributed by atoms with Crippen LogP contribution in [0.15, 0.2) is 34.9 Å². The van der Waals surface area contributed by atoms with Crippen LogP contribution in [0.3, 0.4) is 0 Å². The van der Waals surface area contributed by atoms with Gasteiger partial charge in [-0.1, -0.05) is 45.8 Å². The maximum absolute atomic E-state index is 11.6. The SMILES string of the molecule is COc1cc(C(=O)O)cc2sc(N3C4COCC3CC(OCc3c(-c5c(Cl)cccc5Cl)noc3C3CC3)C4)nc12. The molecule has 0 spiro atoms. The molecule has 2 aromatic heterocycles. The lowest BCUT2D eigenvalue weighted by molar-refractivity contribution is -0.0394. The molecule has 1 N–H and O–H groups in total. The minimum absolute atomic E-state index is 0.00389. The van der Waals surface area contributed by atoms with Crippen molar-refractivity contribution in [1.82, 2.24) is 10.1 Å². The summed E-state index contributed by atoms with van der Waals surface area (Å²) < 4.78 is 24.6. The predicted molar refractivity (Wildman–Crippen MR) is 156 cm³/mol. The van der Waals surface area contributed by atoms with E-state index in [1.165, 1.54) is 24.5 Å². The molecule has 1 aliphatic carbocycles. The Labute approximate surface area is 249 Å². The van der Waals surface area contributed by atoms with Crippen molar-refractivity contribution in [2.45, 2.75) is 56.4 Å². The van der Waals surface area contributed by atoms with E-state index >= 15 is 0 Å². The van der Waals surface area contributed by atoms with Gasteiger partial charge in [-0.05, 0) is 49.9 Å². The van der Waals surface area contributed by atoms with Crippen LogP contribution in [0.5, 0.6) is 5.75 Å². The highest BCUT2D eigenvalue weighted by molar-refractivity contribution is 7.22. The molecule has 2 unspecified atom stereocenters. The van der Waals surface area contributed by atoms with Gasteiger partial charge in [0.2, 0.25) is 0 Å². The van der Waals surface area contributed by atoms with E-state index < -0.39 is 5.97 Å². The van der Waals surface area contributed by atoms with Gasteiger partial charge in [0, 0.05) is 17.0 Å². The van der Waals surface area contributed by atoms with Crippen LogP contribution in [0.4, 0.5) is 5.13 Å². The second kappa shape index (κ2) is 10.7. The zero-order chi connectivity index (χ0) is 28.2. The first-order chi connectivity index (χ1) is 19.9. The Bertz CT molecular complexity index is 1600. The normalized spacial score (nSPS) is 22.3. The number of halogens is 2. The zero-order valence-corrected chi connectivity index (χ0v) is 24.5. The molecule has 2 atom stereocenters. The van der Waals surface area contributed by atoms with E-state index in [9.17, 15) is 9.90 Å². The molecule has 214 valence electrons. The maximum atomic E-state index is 11.6. The lowest BCUT2D eigenvalue weighted by Crippen LogP contribution is -2.58. The fourth-order valence-electron chi connectivity index (χ4n) is 5.94. The van der Waals surface area contributed by atoms with E-state index in [-0.39, 0.29) is 23.8 Å². The highest BCUT2D eigenvalue weighted by Crippen LogP contribution is 2.47. The van der Waals surface area contributed by atoms with Crippen molar-refractivity contribution in [2.75, 3.05) is 25.2 Å². The number of methoxy groups -OCH3 is 1. The first kappa shape index (κ1) is 27.0. The van der Waals surface area contributed by atoms with Crippen LogP contribution in [-0.2, 0) is 16.1 Å². The fraction of sp³-hybridized carbons (Fsp3) is 0.414. The lowest BCUT2D eigenvalue weighted by atomic mass is 9.92. The Morgan fingerprint density at radius 2 is 1.90 bits per heavy atom. The number of benzene rings is 2. The Balaban J connectivity index is 1.13. The molecule has 41 heavy (non-hydrogen) atoms. The van der Waals surface area contributed by atoms with E-state index in [4.69, 9.17) is 46.9 Å². The van der Waals surface area contributed by atoms with Gasteiger partial charge < -0.3 is 28.7 Å². The van der Waals surface area contributed by atoms with E-state index in [0.717, 1.165) is 46.8 Å². The molecule has 1 saturated carbocycles. The Kier molecular flexibility index (Phi) is 7.07. The smallest absolute Gasteiger partial charge is 0.335 e. The second-order valence-electron chi connectivity index (χ2n) is 10.7. The van der Waals surface area contributed by atoms with Crippen molar-refractivity contribution < 1.29 is 28.6 Å². The van der Waals surface area contributed by atoms with Gasteiger partial charge in [0.05, 0.1) is 65.4 Å². The number of carboxylic acids is 1. The van der Waals surface area contributed by atoms with Crippen LogP contribution < -0.4 is 9.64 Å². The number of morpholine rings is 1. The Morgan fingerprint density at radius 1 is 1.17 bits per heavy atom. The summed E-state index contributed by atoms with van der Waals surface area (Å²) in [6, 6.07) is 8.73. The largest absolute Gasteiger partial charge is 0.494 e. The van der Waals surface area contributed by atoms with Crippen molar-refractivity contribution in [3.05, 3.63) is 57.3 Å². The molecule has 2 aromatic carbocycles. The number of rotatable bonds is 8. The first-order valence-corrected chi connectivity index (χ1v) is 15.1. The van der Waals surface area contributed by atoms with Gasteiger partial charge in [-0.2, -0.15) is 0 Å². The van der Waals surface area contributed by atoms with Crippen LogP contribution >= 0.6 is 34.5 Å². The van der Waals surface area contributed by atoms with Crippen molar-refractivity contribution >= 4 is 55.9 Å². The molecule has 7 rings (SSSR count). The summed E-state index contributed by atoms with van der Waals surface area (Å²) >= 11 is 14.5. The van der Waals surface area contributed by atoms with Crippen LogP contribution in [0, 0.1) is 0 Å². The number of thiazole rings is 1. The molecule has 2 bridgehead atoms. The summed E-state index contributed by atoms with van der Waals surface area (Å²) in [4.78, 5) is 18.8. The molecule has 12 heteroatoms. The molecule has 2 saturated heterocycles. The van der Waals surface area contributed by atoms with Gasteiger partial charge in [0.25, 0.3) is 0 Å². The van der Waals surface area contributed by atoms with Crippen LogP contribution in [-0.4, -0.2) is 59.7 Å². The van der Waals surface area contributed by atoms with E-state index in [1.54, 1.807) is 18.2 Å². The number of hydrogen-bond acceptors (Lipinski definition) is 9. The van der Waals surface area contributed by atoms with E-state index in [0.29, 0.717) is 58.3 Å². The number of carboxylic acid groups (broad SMARTS) is 1. The highest BCUT2D eigenvalue weighted by atomic mass is 35.5. The number of ether oxygens (including phenoxy) is 3. The van der Waals surface area contributed by atoms with Crippen molar-refractivity contribution in [3.63, 3.8) is 0 Å². The summed E-state index contributed by atoms with van der Waals surface area (Å²) in [5.74, 6) is 0.669. The van der Waals surface area contributed by atoms with E-state index in [2.05, 4.69) is 10.1 Å². The maximum Gasteiger partial charge on any atom is 0.335 e. The third-order valence-corrected chi connectivity index (χ3v) is 9.69. The molecule has 0 radical (unpaired) electrons. The standard InChI is InChI=1S/C29H27Cl2N3O6S/c1-37-22-7-15(28(35)36)8-23-26(22)32-29(41-23)34-16-9-18(10-17(34)12-38-11-16)39-13-19-25(33-40-27(19)14-5-6-14)24-20(30)3-2-4-21(24)31/h2-4,7-8,14,16-18H,5-6,9-13H2,1H3,(H,35,36). The van der Waals surface area contributed by atoms with Gasteiger partial charge in [-0.25, -0.2) is 9.78 Å². The third kappa shape index (κ3) is 4.95. The van der Waals surface area contributed by atoms with Crippen LogP contribution in [0.25, 0.3) is 21.5 Å². The van der Waals surface area contributed by atoms with E-state index in [1.807, 2.05) is 6.07 Å². The number of piperidine rings is 1. The monoisotopic (exact) mass is 615 g/mol. The molecule has 3 fully saturated rings. The number of nitrogens with zero attached hydrogens (tertiary/aromatic N) is 3. The summed E-state index contributed by atoms with van der Waals surface area (Å²) in [7, 11) is 1.53. The molecule has 3 aliphatic rings. The van der Waals surface area contributed by atoms with Crippen LogP contribution in [0.1, 0.15) is 53.3 Å².